The molecule has 45 heavy (non-hydrogen) atoms. The van der Waals surface area contributed by atoms with Gasteiger partial charge < -0.3 is 29.7 Å². The summed E-state index contributed by atoms with van der Waals surface area (Å²) in [5.41, 5.74) is 4.43. The summed E-state index contributed by atoms with van der Waals surface area (Å²) in [5.74, 6) is 0. The van der Waals surface area contributed by atoms with Gasteiger partial charge in [0.2, 0.25) is 0 Å². The van der Waals surface area contributed by atoms with Crippen molar-refractivity contribution in [3.8, 4) is 0 Å². The molecule has 0 atom stereocenters. The lowest BCUT2D eigenvalue weighted by molar-refractivity contribution is 0.358. The number of H-pyrrole nitrogens is 3. The van der Waals surface area contributed by atoms with Crippen LogP contribution in [0.1, 0.15) is 58.0 Å². The SMILES string of the molecule is [2H]C([2H])(C)N(C)C([2H])([2H])Cc1c[nH]c2ccccc12.[2H]C([2H])([2H])N(C([2H])([2H])C)C([2H])([2H])Cc1c[nH]c2ccccc12.[2H]C([2H])(c1c[nH]c2ccccc12)C([2H])([2H])N(C)CC. The molecule has 6 heteroatoms. The maximum atomic E-state index is 8.23. The lowest BCUT2D eigenvalue weighted by Crippen LogP contribution is -2.20. The van der Waals surface area contributed by atoms with Crippen LogP contribution in [0, 0.1) is 0 Å². The van der Waals surface area contributed by atoms with E-state index in [1.54, 1.807) is 31.7 Å². The molecular formula is C39H54N6. The van der Waals surface area contributed by atoms with Crippen LogP contribution in [0.15, 0.2) is 91.4 Å². The number of rotatable bonds is 12. The average molecular weight is 622 g/mol. The molecule has 0 spiro atoms. The molecule has 0 unspecified atom stereocenters. The summed E-state index contributed by atoms with van der Waals surface area (Å²) in [7, 11) is 3.06. The molecule has 3 N–H and O–H groups in total. The number of fused-ring (bicyclic) bond motifs is 3. The molecule has 6 rings (SSSR count). The zero-order chi connectivity index (χ0) is 45.3. The molecule has 3 heterocycles. The lowest BCUT2D eigenvalue weighted by atomic mass is 10.1. The van der Waals surface area contributed by atoms with Gasteiger partial charge in [-0.3, -0.25) is 0 Å². The fraction of sp³-hybridized carbons (Fsp3) is 0.385. The number of benzene rings is 3. The van der Waals surface area contributed by atoms with Gasteiger partial charge >= 0.3 is 0 Å². The van der Waals surface area contributed by atoms with Gasteiger partial charge in [0.25, 0.3) is 0 Å². The molecule has 0 saturated heterocycles. The highest BCUT2D eigenvalue weighted by Gasteiger charge is 2.05. The van der Waals surface area contributed by atoms with E-state index in [2.05, 4.69) is 15.0 Å². The molecule has 0 aliphatic carbocycles. The van der Waals surface area contributed by atoms with Crippen molar-refractivity contribution in [2.75, 3.05) is 60.1 Å². The van der Waals surface area contributed by atoms with Crippen LogP contribution in [-0.2, 0) is 19.2 Å². The Labute approximate surface area is 291 Å². The van der Waals surface area contributed by atoms with Gasteiger partial charge in [0.1, 0.15) is 0 Å². The van der Waals surface area contributed by atoms with Crippen molar-refractivity contribution in [1.29, 1.82) is 0 Å². The van der Waals surface area contributed by atoms with Gasteiger partial charge in [0.15, 0.2) is 0 Å². The molecule has 240 valence electrons. The number of hydrogen-bond donors (Lipinski definition) is 3. The molecule has 0 fully saturated rings. The number of para-hydroxylation sites is 3. The molecule has 0 amide bonds. The summed E-state index contributed by atoms with van der Waals surface area (Å²) in [5, 5.41) is 2.51. The van der Waals surface area contributed by atoms with Crippen LogP contribution in [-0.4, -0.2) is 89.8 Å². The summed E-state index contributed by atoms with van der Waals surface area (Å²) in [6, 6.07) is 22.4. The molecule has 0 bridgehead atoms. The Morgan fingerprint density at radius 2 is 0.978 bits per heavy atom. The zero-order valence-electron chi connectivity index (χ0n) is 41.6. The van der Waals surface area contributed by atoms with Crippen molar-refractivity contribution in [1.82, 2.24) is 29.7 Å². The summed E-state index contributed by atoms with van der Waals surface area (Å²) in [6.07, 6.45) is 2.79. The third-order valence-electron chi connectivity index (χ3n) is 7.29. The molecule has 6 aromatic rings. The van der Waals surface area contributed by atoms with Gasteiger partial charge in [-0.1, -0.05) is 75.4 Å². The third kappa shape index (κ3) is 9.82. The Morgan fingerprint density at radius 1 is 0.556 bits per heavy atom. The van der Waals surface area contributed by atoms with Crippen molar-refractivity contribution in [2.45, 2.75) is 40.0 Å². The fourth-order valence-electron chi connectivity index (χ4n) is 4.49. The number of aromatic nitrogens is 3. The van der Waals surface area contributed by atoms with E-state index in [9.17, 15) is 0 Å². The molecule has 3 aromatic heterocycles. The van der Waals surface area contributed by atoms with Crippen LogP contribution < -0.4 is 0 Å². The highest BCUT2D eigenvalue weighted by molar-refractivity contribution is 5.84. The minimum absolute atomic E-state index is 0.140. The molecule has 0 aliphatic heterocycles. The van der Waals surface area contributed by atoms with Crippen LogP contribution in [0.5, 0.6) is 0 Å². The number of aryl methyl sites for hydroxylation is 3. The van der Waals surface area contributed by atoms with E-state index in [4.69, 9.17) is 20.6 Å². The standard InChI is InChI=1S/3C13H18N2/c3*1-3-15(2)9-8-11-10-14-13-7-5-4-6-12(11)13/h3*4-7,10,14H,3,8-9H2,1-2H3/i2D3,3D2,9D2;8D2,9D2;3D2,9D2. The molecule has 3 aromatic carbocycles. The van der Waals surface area contributed by atoms with Crippen LogP contribution in [0.25, 0.3) is 32.7 Å². The zero-order valence-corrected chi connectivity index (χ0v) is 26.6. The fourth-order valence-corrected chi connectivity index (χ4v) is 4.49. The normalized spacial score (nSPS) is 18.5. The molecule has 0 saturated carbocycles. The second-order valence-electron chi connectivity index (χ2n) is 10.2. The summed E-state index contributed by atoms with van der Waals surface area (Å²) in [6.45, 7) is -8.43. The Kier molecular flexibility index (Phi) is 7.42. The van der Waals surface area contributed by atoms with E-state index in [-0.39, 0.29) is 12.8 Å². The molecule has 0 radical (unpaired) electrons. The number of hydrogen-bond acceptors (Lipinski definition) is 3. The van der Waals surface area contributed by atoms with Gasteiger partial charge in [-0.2, -0.15) is 0 Å². The van der Waals surface area contributed by atoms with Gasteiger partial charge in [-0.05, 0) is 94.7 Å². The first-order valence-corrected chi connectivity index (χ1v) is 14.9. The van der Waals surface area contributed by atoms with Gasteiger partial charge in [0.05, 0.1) is 0 Å². The number of nitrogens with one attached hydrogen (secondary N) is 3. The van der Waals surface area contributed by atoms with E-state index in [0.717, 1.165) is 50.1 Å². The van der Waals surface area contributed by atoms with Crippen molar-refractivity contribution >= 4 is 32.7 Å². The maximum Gasteiger partial charge on any atom is 0.0456 e. The van der Waals surface area contributed by atoms with E-state index < -0.39 is 45.8 Å². The summed E-state index contributed by atoms with van der Waals surface area (Å²) >= 11 is 0. The van der Waals surface area contributed by atoms with Crippen molar-refractivity contribution < 1.29 is 20.6 Å². The van der Waals surface area contributed by atoms with E-state index >= 15 is 0 Å². The Hall–Kier alpha value is -3.84. The molecule has 6 nitrogen and oxygen atoms in total. The minimum atomic E-state index is -2.88. The highest BCUT2D eigenvalue weighted by atomic mass is 15.1. The molecule has 0 aliphatic rings. The molecular weight excluding hydrogens is 552 g/mol. The topological polar surface area (TPSA) is 57.1 Å². The van der Waals surface area contributed by atoms with Gasteiger partial charge in [0, 0.05) is 91.4 Å². The van der Waals surface area contributed by atoms with Gasteiger partial charge in [-0.15, -0.1) is 0 Å². The monoisotopic (exact) mass is 622 g/mol. The number of likely N-dealkylation sites (N-methyl/N-ethyl adjacent to an activating group) is 3. The van der Waals surface area contributed by atoms with Crippen LogP contribution >= 0.6 is 0 Å². The summed E-state index contributed by atoms with van der Waals surface area (Å²) in [4.78, 5) is 11.9. The van der Waals surface area contributed by atoms with Crippen LogP contribution in [0.3, 0.4) is 0 Å². The lowest BCUT2D eigenvalue weighted by Gasteiger charge is -2.12. The second-order valence-corrected chi connectivity index (χ2v) is 10.2. The van der Waals surface area contributed by atoms with Crippen molar-refractivity contribution in [2.24, 2.45) is 0 Å². The first kappa shape index (κ1) is 19.0. The van der Waals surface area contributed by atoms with Crippen molar-refractivity contribution in [3.05, 3.63) is 108 Å². The Morgan fingerprint density at radius 3 is 1.42 bits per heavy atom. The first-order chi connectivity index (χ1) is 27.5. The van der Waals surface area contributed by atoms with E-state index in [1.165, 1.54) is 18.9 Å². The number of aromatic amines is 3. The average Bonchev–Trinajstić information content (AvgIpc) is 3.87. The predicted molar refractivity (Wildman–Crippen MR) is 196 cm³/mol. The van der Waals surface area contributed by atoms with E-state index in [0.29, 0.717) is 22.6 Å². The first-order valence-electron chi connectivity index (χ1n) is 22.4. The second kappa shape index (κ2) is 17.6. The third-order valence-corrected chi connectivity index (χ3v) is 7.29. The summed E-state index contributed by atoms with van der Waals surface area (Å²) < 4.78 is 118. The van der Waals surface area contributed by atoms with Crippen molar-refractivity contribution in [3.63, 3.8) is 0 Å². The quantitative estimate of drug-likeness (QED) is 0.130. The van der Waals surface area contributed by atoms with E-state index in [1.807, 2.05) is 73.7 Å². The largest absolute Gasteiger partial charge is 0.361 e. The highest BCUT2D eigenvalue weighted by Crippen LogP contribution is 2.20. The Balaban J connectivity index is 0.000000199. The van der Waals surface area contributed by atoms with Crippen LogP contribution in [0.2, 0.25) is 0 Å². The minimum Gasteiger partial charge on any atom is -0.361 e. The smallest absolute Gasteiger partial charge is 0.0456 e. The maximum absolute atomic E-state index is 8.23. The Bertz CT molecular complexity index is 2300. The number of nitrogens with zero attached hydrogens (tertiary/aromatic N) is 3. The van der Waals surface area contributed by atoms with Crippen LogP contribution in [0.4, 0.5) is 0 Å². The van der Waals surface area contributed by atoms with Gasteiger partial charge in [-0.25, -0.2) is 0 Å². The predicted octanol–water partition coefficient (Wildman–Crippen LogP) is 7.99.